The highest BCUT2D eigenvalue weighted by molar-refractivity contribution is 6.32. The highest BCUT2D eigenvalue weighted by Gasteiger charge is 2.23. The predicted molar refractivity (Wildman–Crippen MR) is 83.1 cm³/mol. The summed E-state index contributed by atoms with van der Waals surface area (Å²) in [6.45, 7) is 2.69. The van der Waals surface area contributed by atoms with Crippen LogP contribution in [0.4, 0.5) is 0 Å². The van der Waals surface area contributed by atoms with Gasteiger partial charge >= 0.3 is 5.63 Å². The molecule has 1 aliphatic heterocycles. The lowest BCUT2D eigenvalue weighted by atomic mass is 10.1. The Morgan fingerprint density at radius 3 is 2.95 bits per heavy atom. The molecule has 2 heterocycles. The van der Waals surface area contributed by atoms with Crippen LogP contribution in [0.25, 0.3) is 11.0 Å². The summed E-state index contributed by atoms with van der Waals surface area (Å²) in [4.78, 5) is 23.7. The molecule has 1 saturated heterocycles. The normalized spacial score (nSPS) is 17.8. The van der Waals surface area contributed by atoms with E-state index in [0.717, 1.165) is 23.8 Å². The molecule has 1 aromatic carbocycles. The molecule has 6 heteroatoms. The van der Waals surface area contributed by atoms with E-state index in [0.29, 0.717) is 22.8 Å². The maximum Gasteiger partial charge on any atom is 0.336 e. The van der Waals surface area contributed by atoms with E-state index < -0.39 is 11.7 Å². The van der Waals surface area contributed by atoms with Crippen LogP contribution in [-0.2, 0) is 16.1 Å². The molecular weight excluding hydrogens is 306 g/mol. The van der Waals surface area contributed by atoms with Crippen molar-refractivity contribution in [3.8, 4) is 0 Å². The molecule has 1 N–H and O–H groups in total. The zero-order chi connectivity index (χ0) is 15.7. The molecule has 0 saturated carbocycles. The average molecular weight is 322 g/mol. The maximum atomic E-state index is 12.0. The SMILES string of the molecule is Cc1cc2oc(=O)cc(CNC(=O)C3CCCO3)c2cc1Cl. The number of hydrogen-bond donors (Lipinski definition) is 1. The van der Waals surface area contributed by atoms with E-state index in [-0.39, 0.29) is 12.5 Å². The minimum absolute atomic E-state index is 0.155. The molecule has 1 fully saturated rings. The third-order valence-corrected chi connectivity index (χ3v) is 4.19. The first kappa shape index (κ1) is 15.1. The molecule has 116 valence electrons. The van der Waals surface area contributed by atoms with E-state index in [9.17, 15) is 9.59 Å². The summed E-state index contributed by atoms with van der Waals surface area (Å²) in [5, 5.41) is 4.12. The molecule has 1 atom stereocenters. The topological polar surface area (TPSA) is 68.5 Å². The number of fused-ring (bicyclic) bond motifs is 1. The van der Waals surface area contributed by atoms with E-state index in [4.69, 9.17) is 20.8 Å². The van der Waals surface area contributed by atoms with Crippen molar-refractivity contribution in [2.45, 2.75) is 32.4 Å². The first-order valence-corrected chi connectivity index (χ1v) is 7.54. The van der Waals surface area contributed by atoms with Gasteiger partial charge < -0.3 is 14.5 Å². The number of carbonyl (C=O) groups excluding carboxylic acids is 1. The fourth-order valence-corrected chi connectivity index (χ4v) is 2.74. The van der Waals surface area contributed by atoms with Crippen molar-refractivity contribution < 1.29 is 13.9 Å². The molecule has 1 amide bonds. The Kier molecular flexibility index (Phi) is 4.18. The van der Waals surface area contributed by atoms with Crippen molar-refractivity contribution in [2.24, 2.45) is 0 Å². The number of aryl methyl sites for hydroxylation is 1. The first-order valence-electron chi connectivity index (χ1n) is 7.17. The molecule has 1 unspecified atom stereocenters. The number of halogens is 1. The summed E-state index contributed by atoms with van der Waals surface area (Å²) in [7, 11) is 0. The number of rotatable bonds is 3. The van der Waals surface area contributed by atoms with Crippen LogP contribution in [0.1, 0.15) is 24.0 Å². The van der Waals surface area contributed by atoms with Gasteiger partial charge in [-0.1, -0.05) is 11.6 Å². The largest absolute Gasteiger partial charge is 0.423 e. The minimum Gasteiger partial charge on any atom is -0.423 e. The molecule has 0 bridgehead atoms. The summed E-state index contributed by atoms with van der Waals surface area (Å²) in [6, 6.07) is 4.86. The maximum absolute atomic E-state index is 12.0. The van der Waals surface area contributed by atoms with Gasteiger partial charge in [0.15, 0.2) is 0 Å². The number of amides is 1. The fourth-order valence-electron chi connectivity index (χ4n) is 2.58. The number of ether oxygens (including phenoxy) is 1. The monoisotopic (exact) mass is 321 g/mol. The molecule has 0 radical (unpaired) electrons. The Labute approximate surface area is 132 Å². The van der Waals surface area contributed by atoms with Gasteiger partial charge in [0, 0.05) is 29.6 Å². The van der Waals surface area contributed by atoms with Crippen LogP contribution in [0.15, 0.2) is 27.4 Å². The van der Waals surface area contributed by atoms with Crippen molar-refractivity contribution in [1.82, 2.24) is 5.32 Å². The number of benzene rings is 1. The summed E-state index contributed by atoms with van der Waals surface area (Å²) in [6.07, 6.45) is 1.23. The Morgan fingerprint density at radius 1 is 1.41 bits per heavy atom. The third kappa shape index (κ3) is 3.00. The zero-order valence-electron chi connectivity index (χ0n) is 12.1. The van der Waals surface area contributed by atoms with Crippen LogP contribution >= 0.6 is 11.6 Å². The van der Waals surface area contributed by atoms with Crippen molar-refractivity contribution in [1.29, 1.82) is 0 Å². The predicted octanol–water partition coefficient (Wildman–Crippen LogP) is 2.55. The Hall–Kier alpha value is -1.85. The summed E-state index contributed by atoms with van der Waals surface area (Å²) < 4.78 is 10.5. The molecule has 1 aromatic heterocycles. The van der Waals surface area contributed by atoms with Crippen molar-refractivity contribution in [3.63, 3.8) is 0 Å². The summed E-state index contributed by atoms with van der Waals surface area (Å²) in [5.41, 5.74) is 1.53. The van der Waals surface area contributed by atoms with Crippen molar-refractivity contribution in [2.75, 3.05) is 6.61 Å². The second kappa shape index (κ2) is 6.10. The lowest BCUT2D eigenvalue weighted by Crippen LogP contribution is -2.33. The first-order chi connectivity index (χ1) is 10.5. The quantitative estimate of drug-likeness (QED) is 0.882. The Morgan fingerprint density at radius 2 is 2.23 bits per heavy atom. The molecule has 5 nitrogen and oxygen atoms in total. The van der Waals surface area contributed by atoms with Crippen molar-refractivity contribution in [3.05, 3.63) is 44.8 Å². The Bertz CT molecular complexity index is 778. The van der Waals surface area contributed by atoms with E-state index in [2.05, 4.69) is 5.32 Å². The van der Waals surface area contributed by atoms with Gasteiger partial charge in [0.1, 0.15) is 11.7 Å². The van der Waals surface area contributed by atoms with Gasteiger partial charge in [-0.25, -0.2) is 4.79 Å². The van der Waals surface area contributed by atoms with Crippen LogP contribution in [0.5, 0.6) is 0 Å². The summed E-state index contributed by atoms with van der Waals surface area (Å²) >= 11 is 6.14. The minimum atomic E-state index is -0.449. The third-order valence-electron chi connectivity index (χ3n) is 3.78. The van der Waals surface area contributed by atoms with E-state index >= 15 is 0 Å². The molecule has 1 aliphatic rings. The van der Waals surface area contributed by atoms with Gasteiger partial charge in [-0.2, -0.15) is 0 Å². The van der Waals surface area contributed by atoms with Crippen molar-refractivity contribution >= 4 is 28.5 Å². The smallest absolute Gasteiger partial charge is 0.336 e. The van der Waals surface area contributed by atoms with Crippen LogP contribution in [-0.4, -0.2) is 18.6 Å². The van der Waals surface area contributed by atoms with Gasteiger partial charge in [-0.05, 0) is 43.0 Å². The number of carbonyl (C=O) groups is 1. The molecule has 3 rings (SSSR count). The van der Waals surface area contributed by atoms with Crippen LogP contribution in [0, 0.1) is 6.92 Å². The van der Waals surface area contributed by atoms with Gasteiger partial charge in [-0.15, -0.1) is 0 Å². The molecule has 22 heavy (non-hydrogen) atoms. The molecule has 2 aromatic rings. The number of nitrogens with one attached hydrogen (secondary N) is 1. The van der Waals surface area contributed by atoms with Gasteiger partial charge in [0.25, 0.3) is 0 Å². The second-order valence-electron chi connectivity index (χ2n) is 5.41. The van der Waals surface area contributed by atoms with Crippen LogP contribution < -0.4 is 10.9 Å². The van der Waals surface area contributed by atoms with Crippen LogP contribution in [0.3, 0.4) is 0 Å². The summed E-state index contributed by atoms with van der Waals surface area (Å²) in [5.74, 6) is -0.155. The van der Waals surface area contributed by atoms with E-state index in [1.54, 1.807) is 12.1 Å². The Balaban J connectivity index is 1.87. The van der Waals surface area contributed by atoms with E-state index in [1.165, 1.54) is 6.07 Å². The molecular formula is C16H16ClNO4. The molecule has 0 spiro atoms. The van der Waals surface area contributed by atoms with E-state index in [1.807, 2.05) is 6.92 Å². The van der Waals surface area contributed by atoms with Gasteiger partial charge in [0.05, 0.1) is 0 Å². The van der Waals surface area contributed by atoms with Gasteiger partial charge in [0.2, 0.25) is 5.91 Å². The standard InChI is InChI=1S/C16H16ClNO4/c1-9-5-14-11(7-12(9)17)10(6-15(19)22-14)8-18-16(20)13-3-2-4-21-13/h5-7,13H,2-4,8H2,1H3,(H,18,20). The molecule has 0 aliphatic carbocycles. The van der Waals surface area contributed by atoms with Gasteiger partial charge in [-0.3, -0.25) is 4.79 Å². The lowest BCUT2D eigenvalue weighted by molar-refractivity contribution is -0.130. The lowest BCUT2D eigenvalue weighted by Gasteiger charge is -2.12. The number of hydrogen-bond acceptors (Lipinski definition) is 4. The zero-order valence-corrected chi connectivity index (χ0v) is 12.9. The fraction of sp³-hybridized carbons (Fsp3) is 0.375. The highest BCUT2D eigenvalue weighted by atomic mass is 35.5. The second-order valence-corrected chi connectivity index (χ2v) is 5.81. The van der Waals surface area contributed by atoms with Crippen LogP contribution in [0.2, 0.25) is 5.02 Å². The average Bonchev–Trinajstić information content (AvgIpc) is 3.00. The highest BCUT2D eigenvalue weighted by Crippen LogP contribution is 2.25.